The SMILES string of the molecule is Cc1cc2c(c3c1CCC3)C(=O)c1ccccc1C2=O. The van der Waals surface area contributed by atoms with E-state index in [-0.39, 0.29) is 11.6 Å². The average Bonchev–Trinajstić information content (AvgIpc) is 2.94. The molecule has 0 saturated heterocycles. The molecule has 0 radical (unpaired) electrons. The van der Waals surface area contributed by atoms with E-state index < -0.39 is 0 Å². The van der Waals surface area contributed by atoms with Crippen molar-refractivity contribution in [3.8, 4) is 0 Å². The van der Waals surface area contributed by atoms with Crippen molar-refractivity contribution in [1.29, 1.82) is 0 Å². The summed E-state index contributed by atoms with van der Waals surface area (Å²) < 4.78 is 0. The third-order valence-corrected chi connectivity index (χ3v) is 4.51. The zero-order valence-corrected chi connectivity index (χ0v) is 11.3. The molecule has 0 N–H and O–H groups in total. The number of carbonyl (C=O) groups is 2. The Hall–Kier alpha value is -2.22. The Bertz CT molecular complexity index is 784. The molecule has 0 saturated carbocycles. The van der Waals surface area contributed by atoms with E-state index >= 15 is 0 Å². The Morgan fingerprint density at radius 1 is 0.850 bits per heavy atom. The molecule has 98 valence electrons. The predicted molar refractivity (Wildman–Crippen MR) is 76.5 cm³/mol. The molecule has 0 unspecified atom stereocenters. The number of hydrogen-bond acceptors (Lipinski definition) is 2. The number of fused-ring (bicyclic) bond motifs is 4. The van der Waals surface area contributed by atoms with Crippen molar-refractivity contribution in [2.45, 2.75) is 26.2 Å². The van der Waals surface area contributed by atoms with Crippen molar-refractivity contribution in [3.63, 3.8) is 0 Å². The Balaban J connectivity index is 2.08. The molecule has 2 aromatic rings. The standard InChI is InChI=1S/C18H14O2/c1-10-9-15-16(12-8-4-7-11(10)12)18(20)14-6-3-2-5-13(14)17(15)19/h2-3,5-6,9H,4,7-8H2,1H3. The van der Waals surface area contributed by atoms with E-state index in [1.54, 1.807) is 12.1 Å². The van der Waals surface area contributed by atoms with Gasteiger partial charge in [0.15, 0.2) is 11.6 Å². The van der Waals surface area contributed by atoms with Crippen LogP contribution in [0.4, 0.5) is 0 Å². The quantitative estimate of drug-likeness (QED) is 0.623. The van der Waals surface area contributed by atoms with Gasteiger partial charge in [0.05, 0.1) is 0 Å². The second kappa shape index (κ2) is 3.89. The van der Waals surface area contributed by atoms with E-state index in [2.05, 4.69) is 0 Å². The molecule has 2 heteroatoms. The van der Waals surface area contributed by atoms with E-state index in [0.29, 0.717) is 22.3 Å². The van der Waals surface area contributed by atoms with Gasteiger partial charge in [-0.1, -0.05) is 24.3 Å². The van der Waals surface area contributed by atoms with Crippen molar-refractivity contribution in [2.75, 3.05) is 0 Å². The number of aryl methyl sites for hydroxylation is 1. The summed E-state index contributed by atoms with van der Waals surface area (Å²) >= 11 is 0. The first-order chi connectivity index (χ1) is 9.68. The van der Waals surface area contributed by atoms with Crippen molar-refractivity contribution >= 4 is 11.6 Å². The van der Waals surface area contributed by atoms with Crippen LogP contribution >= 0.6 is 0 Å². The third-order valence-electron chi connectivity index (χ3n) is 4.51. The molecule has 2 aliphatic carbocycles. The van der Waals surface area contributed by atoms with Crippen LogP contribution in [0.5, 0.6) is 0 Å². The molecular formula is C18H14O2. The Morgan fingerprint density at radius 2 is 1.50 bits per heavy atom. The fourth-order valence-corrected chi connectivity index (χ4v) is 3.59. The molecule has 0 aromatic heterocycles. The van der Waals surface area contributed by atoms with Gasteiger partial charge >= 0.3 is 0 Å². The van der Waals surface area contributed by atoms with Gasteiger partial charge in [0, 0.05) is 22.3 Å². The molecule has 2 nitrogen and oxygen atoms in total. The van der Waals surface area contributed by atoms with Crippen LogP contribution in [0, 0.1) is 6.92 Å². The number of ketones is 2. The minimum absolute atomic E-state index is 0.00648. The van der Waals surface area contributed by atoms with Gasteiger partial charge in [0.2, 0.25) is 0 Å². The first kappa shape index (κ1) is 11.6. The van der Waals surface area contributed by atoms with Crippen molar-refractivity contribution in [1.82, 2.24) is 0 Å². The highest BCUT2D eigenvalue weighted by molar-refractivity contribution is 6.29. The molecular weight excluding hydrogens is 248 g/mol. The average molecular weight is 262 g/mol. The van der Waals surface area contributed by atoms with Crippen LogP contribution in [0.25, 0.3) is 0 Å². The van der Waals surface area contributed by atoms with E-state index in [1.807, 2.05) is 25.1 Å². The lowest BCUT2D eigenvalue weighted by Gasteiger charge is -2.21. The summed E-state index contributed by atoms with van der Waals surface area (Å²) in [4.78, 5) is 25.4. The van der Waals surface area contributed by atoms with Gasteiger partial charge in [0.25, 0.3) is 0 Å². The maximum Gasteiger partial charge on any atom is 0.194 e. The highest BCUT2D eigenvalue weighted by Gasteiger charge is 2.34. The second-order valence-corrected chi connectivity index (χ2v) is 5.63. The minimum atomic E-state index is -0.00648. The second-order valence-electron chi connectivity index (χ2n) is 5.63. The number of hydrogen-bond donors (Lipinski definition) is 0. The van der Waals surface area contributed by atoms with Gasteiger partial charge in [-0.15, -0.1) is 0 Å². The molecule has 0 bridgehead atoms. The maximum absolute atomic E-state index is 12.8. The first-order valence-electron chi connectivity index (χ1n) is 7.02. The molecule has 0 amide bonds. The molecule has 2 aromatic carbocycles. The molecule has 0 atom stereocenters. The third kappa shape index (κ3) is 1.34. The molecule has 20 heavy (non-hydrogen) atoms. The smallest absolute Gasteiger partial charge is 0.194 e. The van der Waals surface area contributed by atoms with Crippen LogP contribution < -0.4 is 0 Å². The Morgan fingerprint density at radius 3 is 2.25 bits per heavy atom. The number of carbonyl (C=O) groups excluding carboxylic acids is 2. The normalized spacial score (nSPS) is 15.8. The highest BCUT2D eigenvalue weighted by Crippen LogP contribution is 2.36. The summed E-state index contributed by atoms with van der Waals surface area (Å²) in [6.45, 7) is 2.04. The van der Waals surface area contributed by atoms with Gasteiger partial charge in [0.1, 0.15) is 0 Å². The van der Waals surface area contributed by atoms with Gasteiger partial charge in [-0.25, -0.2) is 0 Å². The Kier molecular flexibility index (Phi) is 2.25. The summed E-state index contributed by atoms with van der Waals surface area (Å²) in [7, 11) is 0. The van der Waals surface area contributed by atoms with Gasteiger partial charge in [-0.05, 0) is 48.9 Å². The summed E-state index contributed by atoms with van der Waals surface area (Å²) in [5.41, 5.74) is 5.93. The topological polar surface area (TPSA) is 34.1 Å². The fraction of sp³-hybridized carbons (Fsp3) is 0.222. The van der Waals surface area contributed by atoms with E-state index in [0.717, 1.165) is 30.4 Å². The largest absolute Gasteiger partial charge is 0.289 e. The van der Waals surface area contributed by atoms with Crippen LogP contribution in [-0.2, 0) is 12.8 Å². The zero-order valence-electron chi connectivity index (χ0n) is 11.3. The van der Waals surface area contributed by atoms with Crippen LogP contribution in [0.3, 0.4) is 0 Å². The number of benzene rings is 2. The number of rotatable bonds is 0. The molecule has 2 aliphatic rings. The zero-order chi connectivity index (χ0) is 13.9. The van der Waals surface area contributed by atoms with Gasteiger partial charge in [-0.3, -0.25) is 9.59 Å². The van der Waals surface area contributed by atoms with E-state index in [9.17, 15) is 9.59 Å². The van der Waals surface area contributed by atoms with Gasteiger partial charge in [-0.2, -0.15) is 0 Å². The van der Waals surface area contributed by atoms with Crippen LogP contribution in [-0.4, -0.2) is 11.6 Å². The van der Waals surface area contributed by atoms with Crippen molar-refractivity contribution < 1.29 is 9.59 Å². The van der Waals surface area contributed by atoms with Crippen molar-refractivity contribution in [3.05, 3.63) is 69.3 Å². The summed E-state index contributed by atoms with van der Waals surface area (Å²) in [6.07, 6.45) is 3.02. The molecule has 0 aliphatic heterocycles. The van der Waals surface area contributed by atoms with Crippen LogP contribution in [0.2, 0.25) is 0 Å². The lowest BCUT2D eigenvalue weighted by molar-refractivity contribution is 0.0978. The lowest BCUT2D eigenvalue weighted by atomic mass is 9.80. The highest BCUT2D eigenvalue weighted by atomic mass is 16.1. The first-order valence-corrected chi connectivity index (χ1v) is 7.02. The fourth-order valence-electron chi connectivity index (χ4n) is 3.59. The van der Waals surface area contributed by atoms with Crippen LogP contribution in [0.1, 0.15) is 55.0 Å². The lowest BCUT2D eigenvalue weighted by Crippen LogP contribution is -2.23. The monoisotopic (exact) mass is 262 g/mol. The minimum Gasteiger partial charge on any atom is -0.289 e. The Labute approximate surface area is 117 Å². The summed E-state index contributed by atoms with van der Waals surface area (Å²) in [6, 6.07) is 9.06. The molecule has 0 fully saturated rings. The molecule has 0 heterocycles. The molecule has 0 spiro atoms. The summed E-state index contributed by atoms with van der Waals surface area (Å²) in [5, 5.41) is 0. The van der Waals surface area contributed by atoms with E-state index in [1.165, 1.54) is 5.56 Å². The van der Waals surface area contributed by atoms with Crippen LogP contribution in [0.15, 0.2) is 30.3 Å². The predicted octanol–water partition coefficient (Wildman–Crippen LogP) is 3.26. The van der Waals surface area contributed by atoms with Gasteiger partial charge < -0.3 is 0 Å². The summed E-state index contributed by atoms with van der Waals surface area (Å²) in [5.74, 6) is 0.0151. The maximum atomic E-state index is 12.8. The molecule has 4 rings (SSSR count). The van der Waals surface area contributed by atoms with Crippen molar-refractivity contribution in [2.24, 2.45) is 0 Å². The van der Waals surface area contributed by atoms with E-state index in [4.69, 9.17) is 0 Å².